The summed E-state index contributed by atoms with van der Waals surface area (Å²) in [6.07, 6.45) is 8.76. The van der Waals surface area contributed by atoms with E-state index in [9.17, 15) is 0 Å². The molecule has 12 heavy (non-hydrogen) atoms. The van der Waals surface area contributed by atoms with Gasteiger partial charge in [0, 0.05) is 13.0 Å². The highest BCUT2D eigenvalue weighted by Gasteiger charge is 2.24. The topological polar surface area (TPSA) is 3.24 Å². The van der Waals surface area contributed by atoms with Crippen molar-refractivity contribution in [1.82, 2.24) is 4.90 Å². The Hall–Kier alpha value is -0.480. The molecule has 0 aromatic rings. The van der Waals surface area contributed by atoms with Crippen LogP contribution in [0.5, 0.6) is 0 Å². The summed E-state index contributed by atoms with van der Waals surface area (Å²) in [5, 5.41) is 0. The molecular formula is C11H19N. The molecule has 0 unspecified atom stereocenters. The zero-order valence-corrected chi connectivity index (χ0v) is 8.27. The number of hydrogen-bond acceptors (Lipinski definition) is 1. The van der Waals surface area contributed by atoms with E-state index in [4.69, 9.17) is 6.42 Å². The third-order valence-electron chi connectivity index (χ3n) is 2.78. The van der Waals surface area contributed by atoms with Gasteiger partial charge in [-0.25, -0.2) is 0 Å². The zero-order valence-electron chi connectivity index (χ0n) is 8.27. The third-order valence-corrected chi connectivity index (χ3v) is 2.78. The van der Waals surface area contributed by atoms with E-state index in [0.717, 1.165) is 13.0 Å². The first-order valence-electron chi connectivity index (χ1n) is 4.80. The second kappa shape index (κ2) is 3.96. The second-order valence-corrected chi connectivity index (χ2v) is 4.46. The Labute approximate surface area is 76.1 Å². The van der Waals surface area contributed by atoms with Gasteiger partial charge in [0.2, 0.25) is 0 Å². The summed E-state index contributed by atoms with van der Waals surface area (Å²) in [4.78, 5) is 2.48. The van der Waals surface area contributed by atoms with Crippen molar-refractivity contribution in [3.63, 3.8) is 0 Å². The summed E-state index contributed by atoms with van der Waals surface area (Å²) in [6.45, 7) is 8.26. The molecule has 1 aliphatic heterocycles. The lowest BCUT2D eigenvalue weighted by atomic mass is 9.83. The van der Waals surface area contributed by atoms with Crippen molar-refractivity contribution in [2.75, 3.05) is 19.6 Å². The molecule has 0 radical (unpaired) electrons. The normalized spacial score (nSPS) is 23.4. The molecule has 0 aromatic heterocycles. The van der Waals surface area contributed by atoms with Gasteiger partial charge in [0.05, 0.1) is 0 Å². The van der Waals surface area contributed by atoms with Crippen molar-refractivity contribution < 1.29 is 0 Å². The van der Waals surface area contributed by atoms with Crippen LogP contribution in [-0.2, 0) is 0 Å². The van der Waals surface area contributed by atoms with Crippen LogP contribution < -0.4 is 0 Å². The average molecular weight is 165 g/mol. The first-order chi connectivity index (χ1) is 5.64. The summed E-state index contributed by atoms with van der Waals surface area (Å²) >= 11 is 0. The number of nitrogens with zero attached hydrogens (tertiary/aromatic N) is 1. The van der Waals surface area contributed by atoms with Gasteiger partial charge in [0.25, 0.3) is 0 Å². The number of hydrogen-bond donors (Lipinski definition) is 0. The summed E-state index contributed by atoms with van der Waals surface area (Å²) in [5.74, 6) is 2.69. The first kappa shape index (κ1) is 9.61. The first-order valence-corrected chi connectivity index (χ1v) is 4.80. The van der Waals surface area contributed by atoms with E-state index in [1.54, 1.807) is 0 Å². The fraction of sp³-hybridized carbons (Fsp3) is 0.818. The molecule has 68 valence electrons. The van der Waals surface area contributed by atoms with Crippen molar-refractivity contribution in [3.05, 3.63) is 0 Å². The fourth-order valence-electron chi connectivity index (χ4n) is 1.60. The van der Waals surface area contributed by atoms with E-state index < -0.39 is 0 Å². The van der Waals surface area contributed by atoms with Crippen molar-refractivity contribution >= 4 is 0 Å². The van der Waals surface area contributed by atoms with Crippen LogP contribution in [0.3, 0.4) is 0 Å². The monoisotopic (exact) mass is 165 g/mol. The molecule has 1 rings (SSSR count). The van der Waals surface area contributed by atoms with E-state index >= 15 is 0 Å². The quantitative estimate of drug-likeness (QED) is 0.567. The maximum absolute atomic E-state index is 5.22. The van der Waals surface area contributed by atoms with Crippen LogP contribution in [0, 0.1) is 17.8 Å². The minimum absolute atomic E-state index is 0.562. The molecule has 1 heterocycles. The minimum Gasteiger partial charge on any atom is -0.302 e. The van der Waals surface area contributed by atoms with Crippen LogP contribution in [-0.4, -0.2) is 24.5 Å². The predicted octanol–water partition coefficient (Wildman–Crippen LogP) is 2.13. The summed E-state index contributed by atoms with van der Waals surface area (Å²) in [5.41, 5.74) is 0.562. The number of terminal acetylenes is 1. The van der Waals surface area contributed by atoms with Crippen molar-refractivity contribution in [1.29, 1.82) is 0 Å². The standard InChI is InChI=1S/C11H19N/c1-4-5-8-12-9-6-11(2,3)7-10-12/h1H,5-10H2,2-3H3. The highest BCUT2D eigenvalue weighted by atomic mass is 15.1. The maximum Gasteiger partial charge on any atom is 0.0214 e. The van der Waals surface area contributed by atoms with Crippen molar-refractivity contribution in [2.24, 2.45) is 5.41 Å². The Morgan fingerprint density at radius 3 is 2.42 bits per heavy atom. The van der Waals surface area contributed by atoms with E-state index in [2.05, 4.69) is 24.7 Å². The largest absolute Gasteiger partial charge is 0.302 e. The third kappa shape index (κ3) is 2.87. The van der Waals surface area contributed by atoms with Crippen LogP contribution in [0.2, 0.25) is 0 Å². The van der Waals surface area contributed by atoms with Gasteiger partial charge in [-0.2, -0.15) is 0 Å². The SMILES string of the molecule is C#CCCN1CCC(C)(C)CC1. The Kier molecular flexibility index (Phi) is 3.17. The number of likely N-dealkylation sites (tertiary alicyclic amines) is 1. The fourth-order valence-corrected chi connectivity index (χ4v) is 1.60. The number of rotatable bonds is 2. The van der Waals surface area contributed by atoms with Crippen LogP contribution in [0.4, 0.5) is 0 Å². The zero-order chi connectivity index (χ0) is 9.03. The van der Waals surface area contributed by atoms with E-state index in [1.165, 1.54) is 25.9 Å². The van der Waals surface area contributed by atoms with Gasteiger partial charge >= 0.3 is 0 Å². The molecule has 0 N–H and O–H groups in total. The Morgan fingerprint density at radius 2 is 1.92 bits per heavy atom. The van der Waals surface area contributed by atoms with E-state index in [-0.39, 0.29) is 0 Å². The predicted molar refractivity (Wildman–Crippen MR) is 52.9 cm³/mol. The second-order valence-electron chi connectivity index (χ2n) is 4.46. The molecule has 1 fully saturated rings. The maximum atomic E-state index is 5.22. The van der Waals surface area contributed by atoms with E-state index in [0.29, 0.717) is 5.41 Å². The van der Waals surface area contributed by atoms with Gasteiger partial charge in [-0.05, 0) is 31.3 Å². The molecule has 0 aliphatic carbocycles. The highest BCUT2D eigenvalue weighted by molar-refractivity contribution is 4.86. The molecule has 1 aliphatic rings. The van der Waals surface area contributed by atoms with Crippen molar-refractivity contribution in [3.8, 4) is 12.3 Å². The van der Waals surface area contributed by atoms with Gasteiger partial charge in [-0.1, -0.05) is 13.8 Å². The molecule has 0 atom stereocenters. The molecule has 0 bridgehead atoms. The van der Waals surface area contributed by atoms with Gasteiger partial charge in [0.1, 0.15) is 0 Å². The highest BCUT2D eigenvalue weighted by Crippen LogP contribution is 2.29. The Bertz CT molecular complexity index is 166. The van der Waals surface area contributed by atoms with Crippen LogP contribution >= 0.6 is 0 Å². The van der Waals surface area contributed by atoms with Gasteiger partial charge in [0.15, 0.2) is 0 Å². The molecular weight excluding hydrogens is 146 g/mol. The molecule has 1 heteroatoms. The Morgan fingerprint density at radius 1 is 1.33 bits per heavy atom. The van der Waals surface area contributed by atoms with E-state index in [1.807, 2.05) is 0 Å². The lowest BCUT2D eigenvalue weighted by molar-refractivity contribution is 0.135. The summed E-state index contributed by atoms with van der Waals surface area (Å²) < 4.78 is 0. The van der Waals surface area contributed by atoms with Crippen LogP contribution in [0.1, 0.15) is 33.1 Å². The summed E-state index contributed by atoms with van der Waals surface area (Å²) in [6, 6.07) is 0. The molecule has 0 saturated carbocycles. The smallest absolute Gasteiger partial charge is 0.0214 e. The lowest BCUT2D eigenvalue weighted by Crippen LogP contribution is -2.37. The van der Waals surface area contributed by atoms with Crippen LogP contribution in [0.15, 0.2) is 0 Å². The molecule has 0 amide bonds. The molecule has 1 saturated heterocycles. The minimum atomic E-state index is 0.562. The molecule has 0 aromatic carbocycles. The summed E-state index contributed by atoms with van der Waals surface area (Å²) in [7, 11) is 0. The van der Waals surface area contributed by atoms with Gasteiger partial charge in [-0.3, -0.25) is 0 Å². The Balaban J connectivity index is 2.23. The molecule has 1 nitrogen and oxygen atoms in total. The number of piperidine rings is 1. The lowest BCUT2D eigenvalue weighted by Gasteiger charge is -2.36. The van der Waals surface area contributed by atoms with Gasteiger partial charge < -0.3 is 4.90 Å². The van der Waals surface area contributed by atoms with Crippen LogP contribution in [0.25, 0.3) is 0 Å². The average Bonchev–Trinajstić information content (AvgIpc) is 2.03. The molecule has 0 spiro atoms. The van der Waals surface area contributed by atoms with Gasteiger partial charge in [-0.15, -0.1) is 12.3 Å². The van der Waals surface area contributed by atoms with Crippen molar-refractivity contribution in [2.45, 2.75) is 33.1 Å².